The number of nitrogens with zero attached hydrogens (tertiary/aromatic N) is 2. The lowest BCUT2D eigenvalue weighted by molar-refractivity contribution is 0.605. The SMILES string of the molecule is Cc1ccc2nc(-c3ccc(CC#N)c(F)c3)oc2c1. The van der Waals surface area contributed by atoms with Gasteiger partial charge in [-0.1, -0.05) is 12.1 Å². The van der Waals surface area contributed by atoms with Crippen LogP contribution in [-0.2, 0) is 6.42 Å². The van der Waals surface area contributed by atoms with Gasteiger partial charge in [-0.15, -0.1) is 0 Å². The topological polar surface area (TPSA) is 49.8 Å². The molecule has 0 atom stereocenters. The molecule has 0 aliphatic heterocycles. The molecule has 0 aliphatic rings. The number of hydrogen-bond acceptors (Lipinski definition) is 3. The predicted molar refractivity (Wildman–Crippen MR) is 73.5 cm³/mol. The first-order valence-corrected chi connectivity index (χ1v) is 6.20. The molecule has 0 unspecified atom stereocenters. The minimum Gasteiger partial charge on any atom is -0.436 e. The Balaban J connectivity index is 2.07. The van der Waals surface area contributed by atoms with Gasteiger partial charge in [0.05, 0.1) is 12.5 Å². The average molecular weight is 266 g/mol. The Morgan fingerprint density at radius 2 is 2.10 bits per heavy atom. The summed E-state index contributed by atoms with van der Waals surface area (Å²) in [6.45, 7) is 1.97. The third-order valence-corrected chi connectivity index (χ3v) is 3.11. The molecule has 0 N–H and O–H groups in total. The molecule has 98 valence electrons. The number of hydrogen-bond donors (Lipinski definition) is 0. The number of fused-ring (bicyclic) bond motifs is 1. The van der Waals surface area contributed by atoms with Crippen LogP contribution < -0.4 is 0 Å². The molecule has 0 saturated carbocycles. The van der Waals surface area contributed by atoms with E-state index >= 15 is 0 Å². The zero-order valence-corrected chi connectivity index (χ0v) is 10.9. The van der Waals surface area contributed by atoms with Gasteiger partial charge in [0.15, 0.2) is 5.58 Å². The van der Waals surface area contributed by atoms with Crippen molar-refractivity contribution in [2.75, 3.05) is 0 Å². The molecule has 1 aromatic heterocycles. The van der Waals surface area contributed by atoms with Crippen LogP contribution in [-0.4, -0.2) is 4.98 Å². The van der Waals surface area contributed by atoms with Gasteiger partial charge in [0.2, 0.25) is 5.89 Å². The molecule has 0 spiro atoms. The highest BCUT2D eigenvalue weighted by molar-refractivity contribution is 5.76. The van der Waals surface area contributed by atoms with Crippen molar-refractivity contribution in [3.05, 3.63) is 53.3 Å². The van der Waals surface area contributed by atoms with Crippen molar-refractivity contribution in [3.8, 4) is 17.5 Å². The molecule has 0 saturated heterocycles. The summed E-state index contributed by atoms with van der Waals surface area (Å²) in [5.41, 5.74) is 3.45. The summed E-state index contributed by atoms with van der Waals surface area (Å²) in [5.74, 6) is -0.0319. The summed E-state index contributed by atoms with van der Waals surface area (Å²) in [7, 11) is 0. The largest absolute Gasteiger partial charge is 0.436 e. The van der Waals surface area contributed by atoms with Gasteiger partial charge in [-0.25, -0.2) is 9.37 Å². The van der Waals surface area contributed by atoms with Gasteiger partial charge in [0.1, 0.15) is 11.3 Å². The fourth-order valence-corrected chi connectivity index (χ4v) is 2.06. The number of rotatable bonds is 2. The van der Waals surface area contributed by atoms with Gasteiger partial charge in [-0.3, -0.25) is 0 Å². The minimum atomic E-state index is -0.414. The van der Waals surface area contributed by atoms with Crippen LogP contribution in [0.25, 0.3) is 22.6 Å². The molecule has 3 aromatic rings. The summed E-state index contributed by atoms with van der Waals surface area (Å²) in [6.07, 6.45) is 0.0544. The lowest BCUT2D eigenvalue weighted by Crippen LogP contribution is -1.89. The van der Waals surface area contributed by atoms with Gasteiger partial charge >= 0.3 is 0 Å². The second-order valence-corrected chi connectivity index (χ2v) is 4.63. The van der Waals surface area contributed by atoms with Crippen molar-refractivity contribution >= 4 is 11.1 Å². The summed E-state index contributed by atoms with van der Waals surface area (Å²) < 4.78 is 19.5. The third kappa shape index (κ3) is 2.14. The van der Waals surface area contributed by atoms with Crippen LogP contribution in [0.4, 0.5) is 4.39 Å². The molecule has 0 bridgehead atoms. The van der Waals surface area contributed by atoms with E-state index in [0.29, 0.717) is 22.6 Å². The molecule has 3 nitrogen and oxygen atoms in total. The first kappa shape index (κ1) is 12.4. The molecule has 3 rings (SSSR count). The predicted octanol–water partition coefficient (Wildman–Crippen LogP) is 4.01. The van der Waals surface area contributed by atoms with E-state index < -0.39 is 5.82 Å². The Hall–Kier alpha value is -2.67. The number of halogens is 1. The van der Waals surface area contributed by atoms with Crippen LogP contribution in [0.2, 0.25) is 0 Å². The van der Waals surface area contributed by atoms with Crippen LogP contribution in [0.3, 0.4) is 0 Å². The molecule has 2 aromatic carbocycles. The van der Waals surface area contributed by atoms with Crippen molar-refractivity contribution in [2.24, 2.45) is 0 Å². The molecule has 0 amide bonds. The Kier molecular flexibility index (Phi) is 2.96. The van der Waals surface area contributed by atoms with Crippen molar-refractivity contribution in [1.82, 2.24) is 4.98 Å². The maximum Gasteiger partial charge on any atom is 0.227 e. The van der Waals surface area contributed by atoms with Crippen LogP contribution in [0.5, 0.6) is 0 Å². The standard InChI is InChI=1S/C16H11FN2O/c1-10-2-5-14-15(8-10)20-16(19-14)12-4-3-11(6-7-18)13(17)9-12/h2-5,8-9H,6H2,1H3. The highest BCUT2D eigenvalue weighted by Crippen LogP contribution is 2.26. The van der Waals surface area contributed by atoms with Gasteiger partial charge in [0, 0.05) is 11.1 Å². The van der Waals surface area contributed by atoms with Crippen LogP contribution >= 0.6 is 0 Å². The Morgan fingerprint density at radius 3 is 2.85 bits per heavy atom. The maximum atomic E-state index is 13.8. The van der Waals surface area contributed by atoms with Gasteiger partial charge in [-0.2, -0.15) is 5.26 Å². The fourth-order valence-electron chi connectivity index (χ4n) is 2.06. The van der Waals surface area contributed by atoms with E-state index in [2.05, 4.69) is 4.98 Å². The van der Waals surface area contributed by atoms with Gasteiger partial charge in [0.25, 0.3) is 0 Å². The van der Waals surface area contributed by atoms with Crippen LogP contribution in [0.1, 0.15) is 11.1 Å². The van der Waals surface area contributed by atoms with Crippen molar-refractivity contribution in [3.63, 3.8) is 0 Å². The number of aryl methyl sites for hydroxylation is 1. The fraction of sp³-hybridized carbons (Fsp3) is 0.125. The average Bonchev–Trinajstić information content (AvgIpc) is 2.84. The Labute approximate surface area is 115 Å². The molecule has 1 heterocycles. The van der Waals surface area contributed by atoms with E-state index in [-0.39, 0.29) is 6.42 Å². The van der Waals surface area contributed by atoms with Crippen molar-refractivity contribution in [2.45, 2.75) is 13.3 Å². The Morgan fingerprint density at radius 1 is 1.25 bits per heavy atom. The quantitative estimate of drug-likeness (QED) is 0.704. The number of benzene rings is 2. The smallest absolute Gasteiger partial charge is 0.227 e. The molecule has 0 fully saturated rings. The van der Waals surface area contributed by atoms with Crippen molar-refractivity contribution < 1.29 is 8.81 Å². The molecular formula is C16H11FN2O. The maximum absolute atomic E-state index is 13.8. The molecule has 20 heavy (non-hydrogen) atoms. The molecule has 0 aliphatic carbocycles. The highest BCUT2D eigenvalue weighted by atomic mass is 19.1. The normalized spacial score (nSPS) is 10.7. The zero-order valence-electron chi connectivity index (χ0n) is 10.9. The summed E-state index contributed by atoms with van der Waals surface area (Å²) in [5, 5.41) is 8.60. The lowest BCUT2D eigenvalue weighted by Gasteiger charge is -2.00. The van der Waals surface area contributed by atoms with E-state index in [1.165, 1.54) is 6.07 Å². The van der Waals surface area contributed by atoms with E-state index in [1.54, 1.807) is 12.1 Å². The molecular weight excluding hydrogens is 255 g/mol. The van der Waals surface area contributed by atoms with Crippen LogP contribution in [0.15, 0.2) is 40.8 Å². The summed E-state index contributed by atoms with van der Waals surface area (Å²) >= 11 is 0. The second kappa shape index (κ2) is 4.78. The minimum absolute atomic E-state index is 0.0544. The van der Waals surface area contributed by atoms with E-state index in [4.69, 9.17) is 9.68 Å². The number of nitriles is 1. The van der Waals surface area contributed by atoms with Crippen LogP contribution in [0, 0.1) is 24.1 Å². The van der Waals surface area contributed by atoms with Gasteiger partial charge in [-0.05, 0) is 36.8 Å². The molecule has 0 radical (unpaired) electrons. The van der Waals surface area contributed by atoms with E-state index in [9.17, 15) is 4.39 Å². The first-order valence-electron chi connectivity index (χ1n) is 6.20. The number of aromatic nitrogens is 1. The molecule has 4 heteroatoms. The zero-order chi connectivity index (χ0) is 14.1. The highest BCUT2D eigenvalue weighted by Gasteiger charge is 2.11. The second-order valence-electron chi connectivity index (χ2n) is 4.63. The first-order chi connectivity index (χ1) is 9.67. The monoisotopic (exact) mass is 266 g/mol. The van der Waals surface area contributed by atoms with Crippen molar-refractivity contribution in [1.29, 1.82) is 5.26 Å². The summed E-state index contributed by atoms with van der Waals surface area (Å²) in [4.78, 5) is 4.34. The Bertz CT molecular complexity index is 830. The van der Waals surface area contributed by atoms with Gasteiger partial charge < -0.3 is 4.42 Å². The van der Waals surface area contributed by atoms with E-state index in [0.717, 1.165) is 11.1 Å². The van der Waals surface area contributed by atoms with E-state index in [1.807, 2.05) is 31.2 Å². The lowest BCUT2D eigenvalue weighted by atomic mass is 10.1. The summed E-state index contributed by atoms with van der Waals surface area (Å²) in [6, 6.07) is 12.3. The third-order valence-electron chi connectivity index (χ3n) is 3.11. The number of oxazole rings is 1.